The number of rotatable bonds is 4. The number of carbonyl (C=O) groups excluding carboxylic acids is 1. The molecule has 1 unspecified atom stereocenters. The average molecular weight is 387 g/mol. The summed E-state index contributed by atoms with van der Waals surface area (Å²) in [6.07, 6.45) is 4.76. The van der Waals surface area contributed by atoms with Gasteiger partial charge in [-0.25, -0.2) is 0 Å². The van der Waals surface area contributed by atoms with Gasteiger partial charge >= 0.3 is 0 Å². The second-order valence-corrected chi connectivity index (χ2v) is 6.84. The van der Waals surface area contributed by atoms with E-state index in [1.807, 2.05) is 18.2 Å². The smallest absolute Gasteiger partial charge is 0.289 e. The van der Waals surface area contributed by atoms with Crippen LogP contribution in [0.4, 0.5) is 0 Å². The van der Waals surface area contributed by atoms with Crippen LogP contribution in [0.2, 0.25) is 5.02 Å². The van der Waals surface area contributed by atoms with Crippen molar-refractivity contribution in [2.24, 2.45) is 0 Å². The van der Waals surface area contributed by atoms with Gasteiger partial charge < -0.3 is 18.8 Å². The zero-order valence-corrected chi connectivity index (χ0v) is 15.6. The van der Waals surface area contributed by atoms with Crippen LogP contribution in [0.5, 0.6) is 11.5 Å². The summed E-state index contributed by atoms with van der Waals surface area (Å²) in [6, 6.07) is 9.06. The van der Waals surface area contributed by atoms with Gasteiger partial charge in [-0.2, -0.15) is 0 Å². The van der Waals surface area contributed by atoms with Gasteiger partial charge in [-0.15, -0.1) is 0 Å². The summed E-state index contributed by atoms with van der Waals surface area (Å²) in [5, 5.41) is 1.30. The van der Waals surface area contributed by atoms with Gasteiger partial charge in [0, 0.05) is 30.4 Å². The van der Waals surface area contributed by atoms with E-state index in [1.165, 1.54) is 0 Å². The van der Waals surface area contributed by atoms with Gasteiger partial charge in [-0.3, -0.25) is 9.78 Å². The number of para-hydroxylation sites is 1. The fraction of sp³-hybridized carbons (Fsp3) is 0.300. The molecule has 1 fully saturated rings. The van der Waals surface area contributed by atoms with Crippen LogP contribution in [-0.2, 0) is 0 Å². The summed E-state index contributed by atoms with van der Waals surface area (Å²) in [6.45, 7) is 1.14. The van der Waals surface area contributed by atoms with Gasteiger partial charge in [0.2, 0.25) is 0 Å². The summed E-state index contributed by atoms with van der Waals surface area (Å²) in [4.78, 5) is 18.6. The molecule has 1 atom stereocenters. The van der Waals surface area contributed by atoms with Crippen LogP contribution >= 0.6 is 11.6 Å². The van der Waals surface area contributed by atoms with Crippen molar-refractivity contribution in [3.05, 3.63) is 53.5 Å². The van der Waals surface area contributed by atoms with Crippen molar-refractivity contribution in [1.29, 1.82) is 0 Å². The number of amides is 1. The SMILES string of the molecule is COc1cccc2cc(C(=O)N3CCCC(Oc4ccncc4Cl)C3)oc12. The molecule has 1 aromatic carbocycles. The number of nitrogens with zero attached hydrogens (tertiary/aromatic N) is 2. The normalized spacial score (nSPS) is 17.1. The molecule has 2 aromatic heterocycles. The number of carbonyl (C=O) groups is 1. The molecule has 27 heavy (non-hydrogen) atoms. The monoisotopic (exact) mass is 386 g/mol. The first-order valence-corrected chi connectivity index (χ1v) is 9.15. The number of piperidine rings is 1. The molecule has 0 bridgehead atoms. The molecule has 0 saturated carbocycles. The molecule has 3 heterocycles. The quantitative estimate of drug-likeness (QED) is 0.673. The molecule has 1 aliphatic heterocycles. The molecule has 0 aliphatic carbocycles. The van der Waals surface area contributed by atoms with E-state index in [2.05, 4.69) is 4.98 Å². The van der Waals surface area contributed by atoms with Gasteiger partial charge in [-0.1, -0.05) is 23.7 Å². The van der Waals surface area contributed by atoms with E-state index in [4.69, 9.17) is 25.5 Å². The number of pyridine rings is 1. The summed E-state index contributed by atoms with van der Waals surface area (Å²) in [5.74, 6) is 1.35. The first-order valence-electron chi connectivity index (χ1n) is 8.77. The Kier molecular flexibility index (Phi) is 4.90. The van der Waals surface area contributed by atoms with Crippen LogP contribution in [-0.4, -0.2) is 42.1 Å². The largest absolute Gasteiger partial charge is 0.493 e. The van der Waals surface area contributed by atoms with Crippen LogP contribution in [0.1, 0.15) is 23.4 Å². The maximum absolute atomic E-state index is 12.9. The van der Waals surface area contributed by atoms with Crippen LogP contribution in [0.3, 0.4) is 0 Å². The summed E-state index contributed by atoms with van der Waals surface area (Å²) in [7, 11) is 1.58. The molecule has 0 radical (unpaired) electrons. The Hall–Kier alpha value is -2.73. The molecule has 1 amide bonds. The Morgan fingerprint density at radius 2 is 2.22 bits per heavy atom. The lowest BCUT2D eigenvalue weighted by Gasteiger charge is -2.32. The van der Waals surface area contributed by atoms with E-state index in [0.29, 0.717) is 41.0 Å². The summed E-state index contributed by atoms with van der Waals surface area (Å²) < 4.78 is 17.1. The van der Waals surface area contributed by atoms with E-state index in [0.717, 1.165) is 18.2 Å². The van der Waals surface area contributed by atoms with Gasteiger partial charge in [0.15, 0.2) is 17.1 Å². The number of ether oxygens (including phenoxy) is 2. The van der Waals surface area contributed by atoms with Crippen molar-refractivity contribution in [2.45, 2.75) is 18.9 Å². The van der Waals surface area contributed by atoms with Crippen molar-refractivity contribution in [2.75, 3.05) is 20.2 Å². The van der Waals surface area contributed by atoms with Gasteiger partial charge in [0.05, 0.1) is 13.7 Å². The highest BCUT2D eigenvalue weighted by Crippen LogP contribution is 2.30. The standard InChI is InChI=1S/C20H19ClN2O4/c1-25-17-6-2-4-13-10-18(27-19(13)17)20(24)23-9-3-5-14(12-23)26-16-7-8-22-11-15(16)21/h2,4,6-8,10-11,14H,3,5,9,12H2,1H3. The lowest BCUT2D eigenvalue weighted by molar-refractivity contribution is 0.0512. The first kappa shape index (κ1) is 17.7. The molecule has 4 rings (SSSR count). The number of hydrogen-bond acceptors (Lipinski definition) is 5. The Morgan fingerprint density at radius 3 is 3.04 bits per heavy atom. The number of hydrogen-bond donors (Lipinski definition) is 0. The third kappa shape index (κ3) is 3.57. The maximum atomic E-state index is 12.9. The van der Waals surface area contributed by atoms with Crippen LogP contribution in [0.25, 0.3) is 11.0 Å². The number of benzene rings is 1. The highest BCUT2D eigenvalue weighted by molar-refractivity contribution is 6.31. The molecule has 3 aromatic rings. The van der Waals surface area contributed by atoms with Crippen molar-refractivity contribution in [1.82, 2.24) is 9.88 Å². The Balaban J connectivity index is 1.51. The van der Waals surface area contributed by atoms with E-state index >= 15 is 0 Å². The number of methoxy groups -OCH3 is 1. The number of likely N-dealkylation sites (tertiary alicyclic amines) is 1. The number of halogens is 1. The number of fused-ring (bicyclic) bond motifs is 1. The van der Waals surface area contributed by atoms with E-state index in [1.54, 1.807) is 36.5 Å². The second kappa shape index (κ2) is 7.48. The molecule has 0 spiro atoms. The molecule has 6 nitrogen and oxygen atoms in total. The molecule has 7 heteroatoms. The summed E-state index contributed by atoms with van der Waals surface area (Å²) >= 11 is 6.12. The zero-order chi connectivity index (χ0) is 18.8. The van der Waals surface area contributed by atoms with Crippen molar-refractivity contribution >= 4 is 28.5 Å². The highest BCUT2D eigenvalue weighted by Gasteiger charge is 2.28. The Morgan fingerprint density at radius 1 is 1.33 bits per heavy atom. The minimum atomic E-state index is -0.151. The zero-order valence-electron chi connectivity index (χ0n) is 14.9. The fourth-order valence-electron chi connectivity index (χ4n) is 3.31. The fourth-order valence-corrected chi connectivity index (χ4v) is 3.48. The van der Waals surface area contributed by atoms with Gasteiger partial charge in [0.25, 0.3) is 5.91 Å². The predicted molar refractivity (Wildman–Crippen MR) is 102 cm³/mol. The van der Waals surface area contributed by atoms with Crippen LogP contribution < -0.4 is 9.47 Å². The molecule has 1 saturated heterocycles. The van der Waals surface area contributed by atoms with E-state index in [9.17, 15) is 4.79 Å². The molecular weight excluding hydrogens is 368 g/mol. The van der Waals surface area contributed by atoms with E-state index in [-0.39, 0.29) is 12.0 Å². The third-order valence-electron chi connectivity index (χ3n) is 4.63. The average Bonchev–Trinajstić information content (AvgIpc) is 3.14. The van der Waals surface area contributed by atoms with Gasteiger partial charge in [0.1, 0.15) is 16.9 Å². The Labute approximate surface area is 161 Å². The molecule has 140 valence electrons. The minimum Gasteiger partial charge on any atom is -0.493 e. The second-order valence-electron chi connectivity index (χ2n) is 6.43. The van der Waals surface area contributed by atoms with Gasteiger partial charge in [-0.05, 0) is 25.0 Å². The molecule has 0 N–H and O–H groups in total. The minimum absolute atomic E-state index is 0.124. The number of furan rings is 1. The van der Waals surface area contributed by atoms with Crippen LogP contribution in [0, 0.1) is 0 Å². The lowest BCUT2D eigenvalue weighted by Crippen LogP contribution is -2.44. The molecule has 1 aliphatic rings. The maximum Gasteiger partial charge on any atom is 0.289 e. The topological polar surface area (TPSA) is 64.8 Å². The predicted octanol–water partition coefficient (Wildman–Crippen LogP) is 4.17. The highest BCUT2D eigenvalue weighted by atomic mass is 35.5. The molecular formula is C20H19ClN2O4. The summed E-state index contributed by atoms with van der Waals surface area (Å²) in [5.41, 5.74) is 0.580. The van der Waals surface area contributed by atoms with Crippen molar-refractivity contribution < 1.29 is 18.7 Å². The van der Waals surface area contributed by atoms with Crippen molar-refractivity contribution in [3.63, 3.8) is 0 Å². The lowest BCUT2D eigenvalue weighted by atomic mass is 10.1. The van der Waals surface area contributed by atoms with Crippen molar-refractivity contribution in [3.8, 4) is 11.5 Å². The third-order valence-corrected chi connectivity index (χ3v) is 4.92. The van der Waals surface area contributed by atoms with E-state index < -0.39 is 0 Å². The first-order chi connectivity index (χ1) is 13.2. The number of aromatic nitrogens is 1. The Bertz CT molecular complexity index is 972. The van der Waals surface area contributed by atoms with Crippen LogP contribution in [0.15, 0.2) is 47.1 Å².